The number of aryl methyl sites for hydroxylation is 1. The Morgan fingerprint density at radius 3 is 1.11 bits per heavy atom. The highest BCUT2D eigenvalue weighted by atomic mass is 14.9. The largest absolute Gasteiger partial charge is 0.344 e. The van der Waals surface area contributed by atoms with Crippen molar-refractivity contribution in [3.63, 3.8) is 0 Å². The predicted molar refractivity (Wildman–Crippen MR) is 165 cm³/mol. The van der Waals surface area contributed by atoms with Crippen molar-refractivity contribution in [2.45, 2.75) is 0 Å². The molecule has 0 fully saturated rings. The maximum atomic E-state index is 2.39. The first kappa shape index (κ1) is 20.2. The van der Waals surface area contributed by atoms with Crippen molar-refractivity contribution >= 4 is 86.4 Å². The molecule has 38 heavy (non-hydrogen) atoms. The lowest BCUT2D eigenvalue weighted by molar-refractivity contribution is 1.02. The first-order valence-corrected chi connectivity index (χ1v) is 13.3. The van der Waals surface area contributed by atoms with Crippen LogP contribution in [0, 0.1) is 0 Å². The van der Waals surface area contributed by atoms with Crippen molar-refractivity contribution in [1.82, 2.24) is 4.57 Å². The van der Waals surface area contributed by atoms with Gasteiger partial charge in [0.05, 0.1) is 0 Å². The first-order chi connectivity index (χ1) is 18.8. The van der Waals surface area contributed by atoms with Gasteiger partial charge in [0.25, 0.3) is 0 Å². The number of aromatic nitrogens is 1. The van der Waals surface area contributed by atoms with Crippen molar-refractivity contribution in [2.75, 3.05) is 0 Å². The third-order valence-electron chi connectivity index (χ3n) is 8.71. The second-order valence-corrected chi connectivity index (χ2v) is 10.6. The van der Waals surface area contributed by atoms with E-state index >= 15 is 0 Å². The topological polar surface area (TPSA) is 4.93 Å². The van der Waals surface area contributed by atoms with Gasteiger partial charge in [0.15, 0.2) is 0 Å². The van der Waals surface area contributed by atoms with Gasteiger partial charge in [0.1, 0.15) is 0 Å². The fourth-order valence-corrected chi connectivity index (χ4v) is 7.00. The molecule has 0 amide bonds. The molecule has 0 aliphatic heterocycles. The summed E-state index contributed by atoms with van der Waals surface area (Å²) in [5.41, 5.74) is 2.55. The van der Waals surface area contributed by atoms with E-state index in [1.54, 1.807) is 0 Å². The molecule has 0 N–H and O–H groups in total. The van der Waals surface area contributed by atoms with E-state index in [1.165, 1.54) is 86.4 Å². The SMILES string of the molecule is Cn1c2ccc3ccc4ccc5ccccc5c4c3c2c2c3c(ccc4ccc5ccccc5c43)ccc21. The van der Waals surface area contributed by atoms with Crippen LogP contribution in [0.2, 0.25) is 0 Å². The van der Waals surface area contributed by atoms with Gasteiger partial charge in [0.2, 0.25) is 0 Å². The lowest BCUT2D eigenvalue weighted by Gasteiger charge is -2.12. The zero-order chi connectivity index (χ0) is 25.0. The number of hydrogen-bond donors (Lipinski definition) is 0. The van der Waals surface area contributed by atoms with Gasteiger partial charge in [-0.25, -0.2) is 0 Å². The highest BCUT2D eigenvalue weighted by molar-refractivity contribution is 6.39. The fourth-order valence-electron chi connectivity index (χ4n) is 7.00. The van der Waals surface area contributed by atoms with Gasteiger partial charge in [-0.1, -0.05) is 109 Å². The van der Waals surface area contributed by atoms with Crippen LogP contribution >= 0.6 is 0 Å². The molecule has 1 aromatic heterocycles. The summed E-state index contributed by atoms with van der Waals surface area (Å²) in [6.45, 7) is 0. The lowest BCUT2D eigenvalue weighted by Crippen LogP contribution is -1.87. The molecule has 0 bridgehead atoms. The zero-order valence-corrected chi connectivity index (χ0v) is 21.0. The molecule has 176 valence electrons. The van der Waals surface area contributed by atoms with Gasteiger partial charge in [-0.05, 0) is 66.0 Å². The molecule has 1 heterocycles. The molecule has 0 spiro atoms. The second-order valence-electron chi connectivity index (χ2n) is 10.6. The van der Waals surface area contributed by atoms with Gasteiger partial charge in [-0.3, -0.25) is 0 Å². The summed E-state index contributed by atoms with van der Waals surface area (Å²) in [5, 5.41) is 18.5. The highest BCUT2D eigenvalue weighted by Crippen LogP contribution is 2.45. The molecule has 0 unspecified atom stereocenters. The van der Waals surface area contributed by atoms with E-state index in [0.29, 0.717) is 0 Å². The van der Waals surface area contributed by atoms with Gasteiger partial charge >= 0.3 is 0 Å². The van der Waals surface area contributed by atoms with Gasteiger partial charge in [0, 0.05) is 39.6 Å². The predicted octanol–water partition coefficient (Wildman–Crippen LogP) is 10.3. The van der Waals surface area contributed by atoms with E-state index in [9.17, 15) is 0 Å². The number of hydrogen-bond acceptors (Lipinski definition) is 0. The van der Waals surface area contributed by atoms with E-state index in [2.05, 4.69) is 133 Å². The van der Waals surface area contributed by atoms with Crippen LogP contribution in [0.15, 0.2) is 121 Å². The van der Waals surface area contributed by atoms with Gasteiger partial charge in [-0.15, -0.1) is 0 Å². The van der Waals surface area contributed by atoms with Crippen LogP contribution in [0.3, 0.4) is 0 Å². The summed E-state index contributed by atoms with van der Waals surface area (Å²) in [7, 11) is 2.22. The Kier molecular flexibility index (Phi) is 3.78. The Morgan fingerprint density at radius 1 is 0.316 bits per heavy atom. The van der Waals surface area contributed by atoms with E-state index in [-0.39, 0.29) is 0 Å². The summed E-state index contributed by atoms with van der Waals surface area (Å²) < 4.78 is 2.39. The minimum absolute atomic E-state index is 1.28. The first-order valence-electron chi connectivity index (χ1n) is 13.3. The maximum Gasteiger partial charge on any atom is 0.0495 e. The summed E-state index contributed by atoms with van der Waals surface area (Å²) >= 11 is 0. The summed E-state index contributed by atoms with van der Waals surface area (Å²) in [5.74, 6) is 0. The summed E-state index contributed by atoms with van der Waals surface area (Å²) in [4.78, 5) is 0. The summed E-state index contributed by atoms with van der Waals surface area (Å²) in [6.07, 6.45) is 0. The molecule has 0 atom stereocenters. The molecule has 1 nitrogen and oxygen atoms in total. The third-order valence-corrected chi connectivity index (χ3v) is 8.71. The molecule has 0 saturated carbocycles. The van der Waals surface area contributed by atoms with Crippen LogP contribution in [0.25, 0.3) is 86.4 Å². The average Bonchev–Trinajstić information content (AvgIpc) is 3.28. The monoisotopic (exact) mass is 481 g/mol. The van der Waals surface area contributed by atoms with Crippen molar-refractivity contribution in [2.24, 2.45) is 7.05 Å². The average molecular weight is 482 g/mol. The van der Waals surface area contributed by atoms with E-state index in [0.717, 1.165) is 0 Å². The van der Waals surface area contributed by atoms with Crippen LogP contribution < -0.4 is 0 Å². The minimum atomic E-state index is 1.28. The number of fused-ring (bicyclic) bond motifs is 15. The number of nitrogens with zero attached hydrogens (tertiary/aromatic N) is 1. The molecular weight excluding hydrogens is 458 g/mol. The normalized spacial score (nSPS) is 12.3. The number of benzene rings is 8. The smallest absolute Gasteiger partial charge is 0.0495 e. The summed E-state index contributed by atoms with van der Waals surface area (Å²) in [6, 6.07) is 45.0. The van der Waals surface area contributed by atoms with Crippen molar-refractivity contribution in [3.8, 4) is 0 Å². The minimum Gasteiger partial charge on any atom is -0.344 e. The Hall–Kier alpha value is -4.88. The fraction of sp³-hybridized carbons (Fsp3) is 0.0270. The molecule has 0 aliphatic carbocycles. The Balaban J connectivity index is 1.67. The lowest BCUT2D eigenvalue weighted by atomic mass is 9.90. The zero-order valence-electron chi connectivity index (χ0n) is 21.0. The molecule has 1 heteroatoms. The second kappa shape index (κ2) is 7.12. The molecule has 0 saturated heterocycles. The quantitative estimate of drug-likeness (QED) is 0.190. The standard InChI is InChI=1S/C37H23N/c1-38-30-20-18-26-16-14-24-12-10-22-6-2-4-8-28(22)32(24)34(26)36(30)37-31(38)21-19-27-17-15-25-13-11-23-7-3-5-9-29(23)33(25)35(27)37/h2-21H,1H3. The molecular formula is C37H23N. The van der Waals surface area contributed by atoms with Gasteiger partial charge in [-0.2, -0.15) is 0 Å². The molecule has 0 radical (unpaired) electrons. The van der Waals surface area contributed by atoms with Crippen molar-refractivity contribution < 1.29 is 0 Å². The Bertz CT molecular complexity index is 2270. The Labute approximate surface area is 219 Å². The van der Waals surface area contributed by atoms with Crippen molar-refractivity contribution in [3.05, 3.63) is 121 Å². The molecule has 9 rings (SSSR count). The number of rotatable bonds is 0. The molecule has 0 aliphatic rings. The maximum absolute atomic E-state index is 2.39. The molecule has 9 aromatic rings. The van der Waals surface area contributed by atoms with Crippen LogP contribution in [0.5, 0.6) is 0 Å². The van der Waals surface area contributed by atoms with Crippen LogP contribution in [0.1, 0.15) is 0 Å². The van der Waals surface area contributed by atoms with Crippen molar-refractivity contribution in [1.29, 1.82) is 0 Å². The van der Waals surface area contributed by atoms with Crippen LogP contribution in [-0.4, -0.2) is 4.57 Å². The van der Waals surface area contributed by atoms with Crippen LogP contribution in [-0.2, 0) is 7.05 Å². The third kappa shape index (κ3) is 2.46. The highest BCUT2D eigenvalue weighted by Gasteiger charge is 2.18. The van der Waals surface area contributed by atoms with E-state index in [1.807, 2.05) is 0 Å². The van der Waals surface area contributed by atoms with E-state index < -0.39 is 0 Å². The van der Waals surface area contributed by atoms with Gasteiger partial charge < -0.3 is 4.57 Å². The molecule has 8 aromatic carbocycles. The van der Waals surface area contributed by atoms with Crippen LogP contribution in [0.4, 0.5) is 0 Å². The Morgan fingerprint density at radius 2 is 0.658 bits per heavy atom. The van der Waals surface area contributed by atoms with E-state index in [4.69, 9.17) is 0 Å².